The molecule has 1 N–H and O–H groups in total. The summed E-state index contributed by atoms with van der Waals surface area (Å²) in [7, 11) is 3.11. The molecule has 3 amide bonds. The van der Waals surface area contributed by atoms with E-state index in [4.69, 9.17) is 13.9 Å². The minimum atomic E-state index is -0.425. The number of urea groups is 1. The van der Waals surface area contributed by atoms with Crippen LogP contribution in [-0.2, 0) is 13.1 Å². The van der Waals surface area contributed by atoms with Crippen molar-refractivity contribution in [3.63, 3.8) is 0 Å². The van der Waals surface area contributed by atoms with Gasteiger partial charge in [-0.3, -0.25) is 4.79 Å². The van der Waals surface area contributed by atoms with Gasteiger partial charge in [0.2, 0.25) is 5.76 Å². The molecule has 0 aliphatic carbocycles. The van der Waals surface area contributed by atoms with Crippen molar-refractivity contribution in [2.45, 2.75) is 13.1 Å². The first kappa shape index (κ1) is 21.2. The average molecular weight is 436 g/mol. The summed E-state index contributed by atoms with van der Waals surface area (Å²) in [5.41, 5.74) is 1.88. The largest absolute Gasteiger partial charge is 0.493 e. The molecular weight excluding hydrogens is 412 g/mol. The van der Waals surface area contributed by atoms with Crippen LogP contribution in [0.5, 0.6) is 11.5 Å². The van der Waals surface area contributed by atoms with Crippen LogP contribution in [0.1, 0.15) is 21.7 Å². The number of oxazole rings is 1. The number of hydrogen-bond acceptors (Lipinski definition) is 6. The highest BCUT2D eigenvalue weighted by atomic mass is 16.5. The fourth-order valence-corrected chi connectivity index (χ4v) is 3.47. The number of nitrogens with zero attached hydrogens (tertiary/aromatic N) is 3. The van der Waals surface area contributed by atoms with E-state index in [0.717, 1.165) is 11.1 Å². The van der Waals surface area contributed by atoms with Gasteiger partial charge < -0.3 is 24.1 Å². The minimum Gasteiger partial charge on any atom is -0.493 e. The first-order chi connectivity index (χ1) is 15.6. The Morgan fingerprint density at radius 3 is 2.59 bits per heavy atom. The van der Waals surface area contributed by atoms with Gasteiger partial charge in [-0.1, -0.05) is 36.4 Å². The second kappa shape index (κ2) is 9.42. The molecule has 0 atom stereocenters. The molecule has 32 heavy (non-hydrogen) atoms. The van der Waals surface area contributed by atoms with Crippen molar-refractivity contribution >= 4 is 18.0 Å². The molecule has 0 spiro atoms. The highest BCUT2D eigenvalue weighted by Gasteiger charge is 2.33. The van der Waals surface area contributed by atoms with E-state index >= 15 is 0 Å². The summed E-state index contributed by atoms with van der Waals surface area (Å²) in [4.78, 5) is 32.5. The van der Waals surface area contributed by atoms with Crippen LogP contribution in [0.25, 0.3) is 0 Å². The highest BCUT2D eigenvalue weighted by Crippen LogP contribution is 2.27. The lowest BCUT2D eigenvalue weighted by atomic mass is 10.2. The third-order valence-electron chi connectivity index (χ3n) is 5.16. The van der Waals surface area contributed by atoms with Crippen molar-refractivity contribution in [2.24, 2.45) is 0 Å². The van der Waals surface area contributed by atoms with E-state index in [1.54, 1.807) is 31.3 Å². The van der Waals surface area contributed by atoms with Crippen molar-refractivity contribution in [1.82, 2.24) is 15.2 Å². The molecule has 0 saturated carbocycles. The smallest absolute Gasteiger partial charge is 0.328 e. The fraction of sp³-hybridized carbons (Fsp3) is 0.261. The highest BCUT2D eigenvalue weighted by molar-refractivity contribution is 5.94. The van der Waals surface area contributed by atoms with Crippen molar-refractivity contribution in [1.29, 1.82) is 0 Å². The van der Waals surface area contributed by atoms with Gasteiger partial charge in [0.05, 0.1) is 20.4 Å². The number of ether oxygens (including phenoxy) is 2. The molecule has 1 saturated heterocycles. The van der Waals surface area contributed by atoms with Crippen molar-refractivity contribution in [3.8, 4) is 11.5 Å². The van der Waals surface area contributed by atoms with Gasteiger partial charge in [-0.2, -0.15) is 0 Å². The Morgan fingerprint density at radius 1 is 1.06 bits per heavy atom. The SMILES string of the molecule is COc1ccc(CNC(=O)c2cnc(N3CCN(Cc4ccccc4)C3=O)o2)cc1OC. The van der Waals surface area contributed by atoms with Crippen LogP contribution in [0.4, 0.5) is 10.8 Å². The number of nitrogens with one attached hydrogen (secondary N) is 1. The van der Waals surface area contributed by atoms with E-state index in [1.165, 1.54) is 11.1 Å². The van der Waals surface area contributed by atoms with Crippen LogP contribution in [0, 0.1) is 0 Å². The van der Waals surface area contributed by atoms with E-state index in [1.807, 2.05) is 36.4 Å². The van der Waals surface area contributed by atoms with E-state index in [9.17, 15) is 9.59 Å². The summed E-state index contributed by atoms with van der Waals surface area (Å²) in [6.07, 6.45) is 1.33. The van der Waals surface area contributed by atoms with Crippen LogP contribution in [-0.4, -0.2) is 49.1 Å². The van der Waals surface area contributed by atoms with Gasteiger partial charge in [0.15, 0.2) is 11.5 Å². The zero-order valence-corrected chi connectivity index (χ0v) is 17.9. The quantitative estimate of drug-likeness (QED) is 0.583. The molecule has 0 radical (unpaired) electrons. The van der Waals surface area contributed by atoms with Crippen molar-refractivity contribution in [2.75, 3.05) is 32.2 Å². The lowest BCUT2D eigenvalue weighted by Crippen LogP contribution is -2.31. The Morgan fingerprint density at radius 2 is 1.84 bits per heavy atom. The number of rotatable bonds is 8. The molecule has 166 valence electrons. The number of carbonyl (C=O) groups excluding carboxylic acids is 2. The number of amides is 3. The molecule has 0 unspecified atom stereocenters. The maximum Gasteiger partial charge on any atom is 0.328 e. The summed E-state index contributed by atoms with van der Waals surface area (Å²) in [6.45, 7) is 1.77. The summed E-state index contributed by atoms with van der Waals surface area (Å²) in [5, 5.41) is 2.78. The summed E-state index contributed by atoms with van der Waals surface area (Å²) in [6, 6.07) is 15.1. The standard InChI is InChI=1S/C23H24N4O5/c1-30-18-9-8-17(12-19(18)31-2)13-24-21(28)20-14-25-22(32-20)27-11-10-26(23(27)29)15-16-6-4-3-5-7-16/h3-9,12,14H,10-11,13,15H2,1-2H3,(H,24,28). The van der Waals surface area contributed by atoms with Crippen LogP contribution in [0.15, 0.2) is 59.1 Å². The topological polar surface area (TPSA) is 97.1 Å². The lowest BCUT2D eigenvalue weighted by molar-refractivity contribution is 0.0923. The Labute approximate surface area is 185 Å². The monoisotopic (exact) mass is 436 g/mol. The molecular formula is C23H24N4O5. The van der Waals surface area contributed by atoms with Gasteiger partial charge in [-0.25, -0.2) is 14.7 Å². The molecule has 1 aliphatic rings. The minimum absolute atomic E-state index is 0.0368. The molecule has 1 fully saturated rings. The molecule has 4 rings (SSSR count). The Hall–Kier alpha value is -4.01. The second-order valence-corrected chi connectivity index (χ2v) is 7.22. The third kappa shape index (κ3) is 4.51. The zero-order valence-electron chi connectivity index (χ0n) is 17.9. The first-order valence-corrected chi connectivity index (χ1v) is 10.1. The van der Waals surface area contributed by atoms with Crippen LogP contribution in [0.2, 0.25) is 0 Å². The number of anilines is 1. The maximum absolute atomic E-state index is 12.7. The molecule has 2 heterocycles. The van der Waals surface area contributed by atoms with Gasteiger partial charge in [0, 0.05) is 26.2 Å². The zero-order chi connectivity index (χ0) is 22.5. The van der Waals surface area contributed by atoms with Gasteiger partial charge in [0.25, 0.3) is 5.91 Å². The number of methoxy groups -OCH3 is 2. The Bertz CT molecular complexity index is 1100. The van der Waals surface area contributed by atoms with Crippen LogP contribution in [0.3, 0.4) is 0 Å². The average Bonchev–Trinajstić information content (AvgIpc) is 3.45. The fourth-order valence-electron chi connectivity index (χ4n) is 3.47. The first-order valence-electron chi connectivity index (χ1n) is 10.1. The van der Waals surface area contributed by atoms with Crippen LogP contribution >= 0.6 is 0 Å². The molecule has 9 heteroatoms. The second-order valence-electron chi connectivity index (χ2n) is 7.22. The van der Waals surface area contributed by atoms with E-state index < -0.39 is 5.91 Å². The van der Waals surface area contributed by atoms with Crippen LogP contribution < -0.4 is 19.7 Å². The predicted octanol–water partition coefficient (Wildman–Crippen LogP) is 3.06. The number of carbonyl (C=O) groups is 2. The lowest BCUT2D eigenvalue weighted by Gasteiger charge is -2.16. The number of aromatic nitrogens is 1. The summed E-state index contributed by atoms with van der Waals surface area (Å²) in [5.74, 6) is 0.800. The summed E-state index contributed by atoms with van der Waals surface area (Å²) >= 11 is 0. The van der Waals surface area contributed by atoms with Gasteiger partial charge in [-0.15, -0.1) is 0 Å². The summed E-state index contributed by atoms with van der Waals surface area (Å²) < 4.78 is 16.1. The van der Waals surface area contributed by atoms with Gasteiger partial charge in [-0.05, 0) is 23.3 Å². The molecule has 3 aromatic rings. The Balaban J connectivity index is 1.36. The molecule has 2 aromatic carbocycles. The molecule has 9 nitrogen and oxygen atoms in total. The molecule has 1 aromatic heterocycles. The van der Waals surface area contributed by atoms with E-state index in [-0.39, 0.29) is 24.4 Å². The number of benzene rings is 2. The molecule has 1 aliphatic heterocycles. The van der Waals surface area contributed by atoms with Crippen molar-refractivity contribution in [3.05, 3.63) is 71.6 Å². The number of hydrogen-bond donors (Lipinski definition) is 1. The third-order valence-corrected chi connectivity index (χ3v) is 5.16. The maximum atomic E-state index is 12.7. The molecule has 0 bridgehead atoms. The predicted molar refractivity (Wildman–Crippen MR) is 117 cm³/mol. The van der Waals surface area contributed by atoms with Gasteiger partial charge >= 0.3 is 12.0 Å². The van der Waals surface area contributed by atoms with E-state index in [2.05, 4.69) is 10.3 Å². The normalized spacial score (nSPS) is 13.4. The van der Waals surface area contributed by atoms with E-state index in [0.29, 0.717) is 31.1 Å². The van der Waals surface area contributed by atoms with Gasteiger partial charge in [0.1, 0.15) is 0 Å². The van der Waals surface area contributed by atoms with Crippen molar-refractivity contribution < 1.29 is 23.5 Å². The Kier molecular flexibility index (Phi) is 6.25.